The molecule has 0 bridgehead atoms. The number of carbonyl (C=O) groups excluding carboxylic acids is 3. The molecule has 0 radical (unpaired) electrons. The first kappa shape index (κ1) is 15.1. The molecule has 1 aromatic heterocycles. The zero-order valence-corrected chi connectivity index (χ0v) is 13.0. The molecule has 0 saturated heterocycles. The van der Waals surface area contributed by atoms with Gasteiger partial charge in [-0.1, -0.05) is 0 Å². The van der Waals surface area contributed by atoms with Crippen LogP contribution in [0.1, 0.15) is 27.2 Å². The lowest BCUT2D eigenvalue weighted by Crippen LogP contribution is -2.43. The van der Waals surface area contributed by atoms with Crippen LogP contribution < -0.4 is 5.32 Å². The van der Waals surface area contributed by atoms with E-state index in [0.717, 1.165) is 34.7 Å². The SMILES string of the molecule is Cc1cc2cc3c(cc2nc1C=O)CC(N(C)C(=O)NC=O)C3. The minimum atomic E-state index is -0.403. The number of aldehydes is 1. The molecule has 23 heavy (non-hydrogen) atoms. The van der Waals surface area contributed by atoms with Gasteiger partial charge >= 0.3 is 6.03 Å². The van der Waals surface area contributed by atoms with Crippen LogP contribution in [0, 0.1) is 6.92 Å². The van der Waals surface area contributed by atoms with Crippen molar-refractivity contribution in [3.05, 3.63) is 40.6 Å². The maximum absolute atomic E-state index is 11.8. The second kappa shape index (κ2) is 5.79. The fourth-order valence-corrected chi connectivity index (χ4v) is 3.10. The van der Waals surface area contributed by atoms with E-state index in [-0.39, 0.29) is 6.04 Å². The number of benzene rings is 1. The smallest absolute Gasteiger partial charge is 0.323 e. The number of nitrogens with one attached hydrogen (secondary N) is 1. The van der Waals surface area contributed by atoms with Crippen LogP contribution in [-0.4, -0.2) is 41.7 Å². The summed E-state index contributed by atoms with van der Waals surface area (Å²) >= 11 is 0. The third-order valence-corrected chi connectivity index (χ3v) is 4.44. The summed E-state index contributed by atoms with van der Waals surface area (Å²) in [5.41, 5.74) is 4.39. The Labute approximate surface area is 133 Å². The van der Waals surface area contributed by atoms with E-state index < -0.39 is 6.03 Å². The molecule has 0 saturated carbocycles. The molecule has 0 aliphatic heterocycles. The minimum absolute atomic E-state index is 0.00778. The first-order valence-electron chi connectivity index (χ1n) is 7.38. The number of aryl methyl sites for hydroxylation is 1. The number of likely N-dealkylation sites (N-methyl/N-ethyl adjacent to an activating group) is 1. The van der Waals surface area contributed by atoms with Crippen LogP contribution in [0.5, 0.6) is 0 Å². The van der Waals surface area contributed by atoms with Gasteiger partial charge in [-0.15, -0.1) is 0 Å². The molecule has 1 unspecified atom stereocenters. The molecule has 3 rings (SSSR count). The Bertz CT molecular complexity index is 816. The zero-order valence-electron chi connectivity index (χ0n) is 13.0. The number of aromatic nitrogens is 1. The average molecular weight is 311 g/mol. The molecule has 1 N–H and O–H groups in total. The van der Waals surface area contributed by atoms with Gasteiger partial charge < -0.3 is 4.90 Å². The molecule has 0 fully saturated rings. The monoisotopic (exact) mass is 311 g/mol. The Morgan fingerprint density at radius 3 is 2.61 bits per heavy atom. The molecule has 1 atom stereocenters. The van der Waals surface area contributed by atoms with Crippen molar-refractivity contribution < 1.29 is 14.4 Å². The van der Waals surface area contributed by atoms with Crippen LogP contribution in [0.3, 0.4) is 0 Å². The van der Waals surface area contributed by atoms with Crippen molar-refractivity contribution >= 4 is 29.6 Å². The van der Waals surface area contributed by atoms with Gasteiger partial charge in [-0.3, -0.25) is 14.9 Å². The summed E-state index contributed by atoms with van der Waals surface area (Å²) in [4.78, 5) is 39.2. The zero-order chi connectivity index (χ0) is 16.6. The van der Waals surface area contributed by atoms with Gasteiger partial charge in [0.25, 0.3) is 0 Å². The van der Waals surface area contributed by atoms with Crippen LogP contribution in [0.25, 0.3) is 10.9 Å². The van der Waals surface area contributed by atoms with Gasteiger partial charge in [0.2, 0.25) is 6.41 Å². The second-order valence-corrected chi connectivity index (χ2v) is 5.86. The van der Waals surface area contributed by atoms with Gasteiger partial charge in [-0.2, -0.15) is 0 Å². The van der Waals surface area contributed by atoms with Crippen LogP contribution in [0.4, 0.5) is 4.79 Å². The number of amides is 3. The first-order chi connectivity index (χ1) is 11.0. The molecule has 0 spiro atoms. The predicted molar refractivity (Wildman–Crippen MR) is 85.4 cm³/mol. The summed E-state index contributed by atoms with van der Waals surface area (Å²) in [6, 6.07) is 5.63. The standard InChI is InChI=1S/C17H17N3O3/c1-10-3-13-4-11-5-14(20(2)17(23)18-9-22)6-12(11)7-15(13)19-16(10)8-21/h3-4,7-9,14H,5-6H2,1-2H3,(H,18,22,23). The maximum atomic E-state index is 11.8. The number of hydrogen-bond donors (Lipinski definition) is 1. The Kier molecular flexibility index (Phi) is 3.82. The summed E-state index contributed by atoms with van der Waals surface area (Å²) in [6.45, 7) is 1.86. The fraction of sp³-hybridized carbons (Fsp3) is 0.294. The highest BCUT2D eigenvalue weighted by molar-refractivity contribution is 5.87. The summed E-state index contributed by atoms with van der Waals surface area (Å²) in [6.07, 6.45) is 2.60. The molecular formula is C17H17N3O3. The third-order valence-electron chi connectivity index (χ3n) is 4.44. The highest BCUT2D eigenvalue weighted by Gasteiger charge is 2.28. The number of pyridine rings is 1. The van der Waals surface area contributed by atoms with Crippen molar-refractivity contribution in [3.63, 3.8) is 0 Å². The highest BCUT2D eigenvalue weighted by Crippen LogP contribution is 2.29. The van der Waals surface area contributed by atoms with Gasteiger partial charge in [-0.25, -0.2) is 9.78 Å². The summed E-state index contributed by atoms with van der Waals surface area (Å²) in [7, 11) is 1.68. The van der Waals surface area contributed by atoms with Gasteiger partial charge in [0, 0.05) is 18.5 Å². The van der Waals surface area contributed by atoms with Crippen LogP contribution in [-0.2, 0) is 17.6 Å². The minimum Gasteiger partial charge on any atom is -0.324 e. The largest absolute Gasteiger partial charge is 0.324 e. The van der Waals surface area contributed by atoms with Crippen molar-refractivity contribution in [3.8, 4) is 0 Å². The van der Waals surface area contributed by atoms with Crippen LogP contribution in [0.15, 0.2) is 18.2 Å². The number of rotatable bonds is 3. The van der Waals surface area contributed by atoms with E-state index in [1.54, 1.807) is 11.9 Å². The lowest BCUT2D eigenvalue weighted by atomic mass is 10.0. The van der Waals surface area contributed by atoms with Crippen molar-refractivity contribution in [2.45, 2.75) is 25.8 Å². The molecule has 6 heteroatoms. The van der Waals surface area contributed by atoms with E-state index in [4.69, 9.17) is 0 Å². The van der Waals surface area contributed by atoms with E-state index in [0.29, 0.717) is 18.5 Å². The van der Waals surface area contributed by atoms with E-state index >= 15 is 0 Å². The van der Waals surface area contributed by atoms with E-state index in [9.17, 15) is 14.4 Å². The molecule has 1 heterocycles. The number of imide groups is 1. The maximum Gasteiger partial charge on any atom is 0.323 e. The second-order valence-electron chi connectivity index (χ2n) is 5.86. The molecule has 1 aromatic carbocycles. The normalized spacial score (nSPS) is 16.0. The average Bonchev–Trinajstić information content (AvgIpc) is 2.94. The van der Waals surface area contributed by atoms with E-state index in [1.807, 2.05) is 19.1 Å². The highest BCUT2D eigenvalue weighted by atomic mass is 16.2. The van der Waals surface area contributed by atoms with Crippen molar-refractivity contribution in [1.82, 2.24) is 15.2 Å². The summed E-state index contributed by atoms with van der Waals surface area (Å²) in [5, 5.41) is 3.15. The lowest BCUT2D eigenvalue weighted by Gasteiger charge is -2.23. The number of urea groups is 1. The van der Waals surface area contributed by atoms with Crippen molar-refractivity contribution in [2.75, 3.05) is 7.05 Å². The molecule has 2 aromatic rings. The Balaban J connectivity index is 1.93. The topological polar surface area (TPSA) is 79.4 Å². The first-order valence-corrected chi connectivity index (χ1v) is 7.38. The van der Waals surface area contributed by atoms with Gasteiger partial charge in [-0.05, 0) is 54.7 Å². The number of carbonyl (C=O) groups is 3. The number of nitrogens with zero attached hydrogens (tertiary/aromatic N) is 2. The van der Waals surface area contributed by atoms with Crippen LogP contribution in [0.2, 0.25) is 0 Å². The van der Waals surface area contributed by atoms with Gasteiger partial charge in [0.05, 0.1) is 5.52 Å². The Morgan fingerprint density at radius 1 is 1.26 bits per heavy atom. The van der Waals surface area contributed by atoms with Gasteiger partial charge in [0.15, 0.2) is 6.29 Å². The molecule has 3 amide bonds. The van der Waals surface area contributed by atoms with E-state index in [2.05, 4.69) is 16.4 Å². The number of fused-ring (bicyclic) bond motifs is 2. The predicted octanol–water partition coefficient (Wildman–Crippen LogP) is 1.62. The number of hydrogen-bond acceptors (Lipinski definition) is 4. The van der Waals surface area contributed by atoms with Crippen LogP contribution >= 0.6 is 0 Å². The van der Waals surface area contributed by atoms with Crippen molar-refractivity contribution in [1.29, 1.82) is 0 Å². The lowest BCUT2D eigenvalue weighted by molar-refractivity contribution is -0.108. The summed E-state index contributed by atoms with van der Waals surface area (Å²) < 4.78 is 0. The van der Waals surface area contributed by atoms with Gasteiger partial charge in [0.1, 0.15) is 5.69 Å². The summed E-state index contributed by atoms with van der Waals surface area (Å²) in [5.74, 6) is 0. The Morgan fingerprint density at radius 2 is 1.96 bits per heavy atom. The quantitative estimate of drug-likeness (QED) is 0.874. The molecular weight excluding hydrogens is 294 g/mol. The van der Waals surface area contributed by atoms with E-state index in [1.165, 1.54) is 5.56 Å². The molecule has 6 nitrogen and oxygen atoms in total. The molecule has 118 valence electrons. The molecule has 1 aliphatic carbocycles. The fourth-order valence-electron chi connectivity index (χ4n) is 3.10. The Hall–Kier alpha value is -2.76. The third kappa shape index (κ3) is 2.67. The molecule has 1 aliphatic rings. The van der Waals surface area contributed by atoms with Crippen molar-refractivity contribution in [2.24, 2.45) is 0 Å².